The minimum absolute atomic E-state index is 0.297. The van der Waals surface area contributed by atoms with Gasteiger partial charge in [0.1, 0.15) is 5.82 Å². The summed E-state index contributed by atoms with van der Waals surface area (Å²) in [6.45, 7) is 1.97. The number of rotatable bonds is 5. The summed E-state index contributed by atoms with van der Waals surface area (Å²) in [7, 11) is 0. The highest BCUT2D eigenvalue weighted by Crippen LogP contribution is 2.32. The molecular formula is C14H14F3NS. The summed E-state index contributed by atoms with van der Waals surface area (Å²) in [5.74, 6) is -0.297. The molecule has 0 unspecified atom stereocenters. The summed E-state index contributed by atoms with van der Waals surface area (Å²) in [5, 5.41) is 4.63. The molecule has 0 saturated heterocycles. The summed E-state index contributed by atoms with van der Waals surface area (Å²) >= 11 is 1.54. The summed E-state index contributed by atoms with van der Waals surface area (Å²) in [6.07, 6.45) is -2.36. The molecule has 1 aromatic heterocycles. The van der Waals surface area contributed by atoms with Gasteiger partial charge in [-0.05, 0) is 41.1 Å². The average molecular weight is 285 g/mol. The van der Waals surface area contributed by atoms with E-state index in [1.165, 1.54) is 12.1 Å². The van der Waals surface area contributed by atoms with Gasteiger partial charge in [-0.25, -0.2) is 13.2 Å². The van der Waals surface area contributed by atoms with Crippen molar-refractivity contribution in [1.29, 1.82) is 0 Å². The van der Waals surface area contributed by atoms with Crippen LogP contribution in [0.3, 0.4) is 0 Å². The number of nitrogens with one attached hydrogen (secondary N) is 1. The van der Waals surface area contributed by atoms with Crippen molar-refractivity contribution < 1.29 is 13.2 Å². The van der Waals surface area contributed by atoms with Crippen molar-refractivity contribution in [2.45, 2.75) is 19.9 Å². The molecule has 5 heteroatoms. The average Bonchev–Trinajstić information content (AvgIpc) is 2.70. The molecule has 1 nitrogen and oxygen atoms in total. The maximum absolute atomic E-state index is 13.3. The first-order valence-electron chi connectivity index (χ1n) is 5.89. The number of benzene rings is 1. The molecule has 0 radical (unpaired) electrons. The summed E-state index contributed by atoms with van der Waals surface area (Å²) in [5.41, 5.74) is 2.65. The third-order valence-electron chi connectivity index (χ3n) is 2.78. The van der Waals surface area contributed by atoms with Crippen molar-refractivity contribution in [3.05, 3.63) is 45.9 Å². The van der Waals surface area contributed by atoms with Crippen LogP contribution in [-0.2, 0) is 6.54 Å². The second-order valence-electron chi connectivity index (χ2n) is 4.22. The van der Waals surface area contributed by atoms with Crippen LogP contribution in [-0.4, -0.2) is 13.0 Å². The lowest BCUT2D eigenvalue weighted by Gasteiger charge is -2.08. The Morgan fingerprint density at radius 3 is 2.79 bits per heavy atom. The standard InChI is InChI=1S/C14H14F3NS/c1-9-14(10-3-2-4-12(15)5-10)11(8-19-9)6-18-7-13(16)17/h2-5,8,13,18H,6-7H2,1H3. The van der Waals surface area contributed by atoms with Gasteiger partial charge < -0.3 is 5.32 Å². The molecule has 0 aliphatic rings. The zero-order valence-corrected chi connectivity index (χ0v) is 11.2. The molecule has 2 rings (SSSR count). The van der Waals surface area contributed by atoms with Crippen molar-refractivity contribution in [1.82, 2.24) is 5.32 Å². The Bertz CT molecular complexity index is 551. The molecule has 1 heterocycles. The Labute approximate surface area is 114 Å². The molecule has 0 aliphatic carbocycles. The van der Waals surface area contributed by atoms with Gasteiger partial charge in [0.05, 0.1) is 6.54 Å². The van der Waals surface area contributed by atoms with E-state index >= 15 is 0 Å². The van der Waals surface area contributed by atoms with Crippen molar-refractivity contribution >= 4 is 11.3 Å². The SMILES string of the molecule is Cc1scc(CNCC(F)F)c1-c1cccc(F)c1. The van der Waals surface area contributed by atoms with Crippen LogP contribution in [0.5, 0.6) is 0 Å². The van der Waals surface area contributed by atoms with E-state index in [0.717, 1.165) is 21.6 Å². The minimum Gasteiger partial charge on any atom is -0.307 e. The fraction of sp³-hybridized carbons (Fsp3) is 0.286. The Morgan fingerprint density at radius 1 is 1.32 bits per heavy atom. The molecule has 1 N–H and O–H groups in total. The van der Waals surface area contributed by atoms with Gasteiger partial charge in [-0.1, -0.05) is 12.1 Å². The molecule has 0 fully saturated rings. The van der Waals surface area contributed by atoms with Gasteiger partial charge in [0.2, 0.25) is 0 Å². The van der Waals surface area contributed by atoms with Crippen LogP contribution in [0.1, 0.15) is 10.4 Å². The minimum atomic E-state index is -2.36. The molecule has 19 heavy (non-hydrogen) atoms. The van der Waals surface area contributed by atoms with Gasteiger partial charge in [-0.3, -0.25) is 0 Å². The summed E-state index contributed by atoms with van der Waals surface area (Å²) in [6, 6.07) is 6.33. The number of hydrogen-bond acceptors (Lipinski definition) is 2. The van der Waals surface area contributed by atoms with Crippen molar-refractivity contribution in [3.8, 4) is 11.1 Å². The molecule has 0 amide bonds. The van der Waals surface area contributed by atoms with E-state index in [1.54, 1.807) is 17.4 Å². The second kappa shape index (κ2) is 6.21. The number of hydrogen-bond donors (Lipinski definition) is 1. The largest absolute Gasteiger partial charge is 0.307 e. The topological polar surface area (TPSA) is 12.0 Å². The smallest absolute Gasteiger partial charge is 0.250 e. The highest BCUT2D eigenvalue weighted by molar-refractivity contribution is 7.10. The molecule has 0 spiro atoms. The van der Waals surface area contributed by atoms with Gasteiger partial charge >= 0.3 is 0 Å². The Morgan fingerprint density at radius 2 is 2.11 bits per heavy atom. The zero-order chi connectivity index (χ0) is 13.8. The van der Waals surface area contributed by atoms with Crippen LogP contribution >= 0.6 is 11.3 Å². The first-order valence-corrected chi connectivity index (χ1v) is 6.77. The van der Waals surface area contributed by atoms with Crippen molar-refractivity contribution in [2.24, 2.45) is 0 Å². The number of alkyl halides is 2. The lowest BCUT2D eigenvalue weighted by atomic mass is 10.0. The first-order chi connectivity index (χ1) is 9.08. The van der Waals surface area contributed by atoms with E-state index in [1.807, 2.05) is 18.4 Å². The van der Waals surface area contributed by atoms with Gasteiger partial charge in [-0.2, -0.15) is 0 Å². The van der Waals surface area contributed by atoms with Crippen molar-refractivity contribution in [2.75, 3.05) is 6.54 Å². The predicted octanol–water partition coefficient (Wildman–Crippen LogP) is 4.22. The number of aryl methyl sites for hydroxylation is 1. The number of thiophene rings is 1. The van der Waals surface area contributed by atoms with E-state index in [4.69, 9.17) is 0 Å². The normalized spacial score (nSPS) is 11.2. The predicted molar refractivity (Wildman–Crippen MR) is 72.2 cm³/mol. The summed E-state index contributed by atoms with van der Waals surface area (Å²) in [4.78, 5) is 1.06. The van der Waals surface area contributed by atoms with Gasteiger partial charge in [0.25, 0.3) is 6.43 Å². The van der Waals surface area contributed by atoms with Crippen LogP contribution in [0.15, 0.2) is 29.6 Å². The molecule has 0 saturated carbocycles. The monoisotopic (exact) mass is 285 g/mol. The Hall–Kier alpha value is -1.33. The molecule has 0 atom stereocenters. The van der Waals surface area contributed by atoms with Crippen LogP contribution in [0.25, 0.3) is 11.1 Å². The number of halogens is 3. The van der Waals surface area contributed by atoms with E-state index < -0.39 is 6.43 Å². The van der Waals surface area contributed by atoms with Crippen LogP contribution in [0.2, 0.25) is 0 Å². The van der Waals surface area contributed by atoms with Gasteiger partial charge in [0, 0.05) is 11.4 Å². The molecule has 0 aliphatic heterocycles. The van der Waals surface area contributed by atoms with E-state index in [-0.39, 0.29) is 12.4 Å². The van der Waals surface area contributed by atoms with Crippen LogP contribution in [0, 0.1) is 12.7 Å². The second-order valence-corrected chi connectivity index (χ2v) is 5.31. The van der Waals surface area contributed by atoms with Crippen LogP contribution in [0.4, 0.5) is 13.2 Å². The third kappa shape index (κ3) is 3.58. The highest BCUT2D eigenvalue weighted by Gasteiger charge is 2.12. The fourth-order valence-electron chi connectivity index (χ4n) is 1.98. The lowest BCUT2D eigenvalue weighted by Crippen LogP contribution is -2.20. The highest BCUT2D eigenvalue weighted by atomic mass is 32.1. The lowest BCUT2D eigenvalue weighted by molar-refractivity contribution is 0.145. The molecule has 0 bridgehead atoms. The molecule has 102 valence electrons. The van der Waals surface area contributed by atoms with E-state index in [2.05, 4.69) is 5.32 Å². The van der Waals surface area contributed by atoms with Gasteiger partial charge in [0.15, 0.2) is 0 Å². The maximum Gasteiger partial charge on any atom is 0.250 e. The summed E-state index contributed by atoms with van der Waals surface area (Å²) < 4.78 is 37.5. The van der Waals surface area contributed by atoms with E-state index in [0.29, 0.717) is 6.54 Å². The molecule has 1 aromatic carbocycles. The molecule has 2 aromatic rings. The van der Waals surface area contributed by atoms with Crippen LogP contribution < -0.4 is 5.32 Å². The third-order valence-corrected chi connectivity index (χ3v) is 3.74. The first kappa shape index (κ1) is 14.1. The maximum atomic E-state index is 13.3. The fourth-order valence-corrected chi connectivity index (χ4v) is 2.87. The zero-order valence-electron chi connectivity index (χ0n) is 10.4. The molecular weight excluding hydrogens is 271 g/mol. The van der Waals surface area contributed by atoms with Crippen molar-refractivity contribution in [3.63, 3.8) is 0 Å². The Kier molecular flexibility index (Phi) is 4.61. The van der Waals surface area contributed by atoms with E-state index in [9.17, 15) is 13.2 Å². The quantitative estimate of drug-likeness (QED) is 0.867. The Balaban J connectivity index is 2.22. The van der Waals surface area contributed by atoms with Gasteiger partial charge in [-0.15, -0.1) is 11.3 Å².